The molecule has 0 aliphatic heterocycles. The first-order valence-corrected chi connectivity index (χ1v) is 6.72. The minimum absolute atomic E-state index is 0.742. The van der Waals surface area contributed by atoms with Crippen molar-refractivity contribution in [3.8, 4) is 5.69 Å². The van der Waals surface area contributed by atoms with E-state index in [1.807, 2.05) is 52.1 Å². The van der Waals surface area contributed by atoms with E-state index in [2.05, 4.69) is 28.5 Å². The molecule has 0 spiro atoms. The van der Waals surface area contributed by atoms with Gasteiger partial charge in [0.15, 0.2) is 0 Å². The number of aromatic nitrogens is 4. The molecule has 5 heteroatoms. The molecule has 3 rings (SSSR count). The molecule has 0 atom stereocenters. The van der Waals surface area contributed by atoms with Crippen LogP contribution >= 0.6 is 0 Å². The summed E-state index contributed by atoms with van der Waals surface area (Å²) in [6.07, 6.45) is 5.56. The summed E-state index contributed by atoms with van der Waals surface area (Å²) < 4.78 is 3.85. The quantitative estimate of drug-likeness (QED) is 0.773. The van der Waals surface area contributed by atoms with Gasteiger partial charge in [-0.25, -0.2) is 4.68 Å². The lowest BCUT2D eigenvalue weighted by molar-refractivity contribution is 0.627. The largest absolute Gasteiger partial charge is 0.378 e. The van der Waals surface area contributed by atoms with E-state index in [1.54, 1.807) is 6.20 Å². The topological polar surface area (TPSA) is 47.7 Å². The predicted molar refractivity (Wildman–Crippen MR) is 78.8 cm³/mol. The second-order valence-electron chi connectivity index (χ2n) is 4.46. The Morgan fingerprint density at radius 3 is 2.75 bits per heavy atom. The number of hydrogen-bond donors (Lipinski definition) is 1. The molecule has 0 saturated carbocycles. The SMILES string of the molecule is CCn1nccc1CNc1ccccc1-n1cccn1. The summed E-state index contributed by atoms with van der Waals surface area (Å²) in [6, 6.07) is 12.1. The van der Waals surface area contributed by atoms with Crippen LogP contribution in [0.5, 0.6) is 0 Å². The highest BCUT2D eigenvalue weighted by molar-refractivity contribution is 5.60. The van der Waals surface area contributed by atoms with Gasteiger partial charge in [0.25, 0.3) is 0 Å². The highest BCUT2D eigenvalue weighted by Gasteiger charge is 2.05. The van der Waals surface area contributed by atoms with Crippen LogP contribution in [-0.4, -0.2) is 19.6 Å². The molecule has 0 radical (unpaired) electrons. The summed E-state index contributed by atoms with van der Waals surface area (Å²) in [5.74, 6) is 0. The third-order valence-electron chi connectivity index (χ3n) is 3.22. The molecular weight excluding hydrogens is 250 g/mol. The highest BCUT2D eigenvalue weighted by Crippen LogP contribution is 2.19. The molecule has 1 aromatic carbocycles. The molecule has 0 amide bonds. The van der Waals surface area contributed by atoms with E-state index in [1.165, 1.54) is 5.69 Å². The minimum atomic E-state index is 0.742. The van der Waals surface area contributed by atoms with E-state index in [9.17, 15) is 0 Å². The van der Waals surface area contributed by atoms with Crippen molar-refractivity contribution in [2.45, 2.75) is 20.0 Å². The van der Waals surface area contributed by atoms with Crippen molar-refractivity contribution < 1.29 is 0 Å². The van der Waals surface area contributed by atoms with Crippen LogP contribution in [0, 0.1) is 0 Å². The van der Waals surface area contributed by atoms with Crippen molar-refractivity contribution in [2.75, 3.05) is 5.32 Å². The molecule has 0 bridgehead atoms. The lowest BCUT2D eigenvalue weighted by Gasteiger charge is -2.12. The maximum atomic E-state index is 4.28. The van der Waals surface area contributed by atoms with Gasteiger partial charge in [-0.05, 0) is 31.2 Å². The van der Waals surface area contributed by atoms with Crippen LogP contribution in [-0.2, 0) is 13.1 Å². The molecule has 3 aromatic rings. The van der Waals surface area contributed by atoms with Crippen LogP contribution in [0.2, 0.25) is 0 Å². The number of nitrogens with zero attached hydrogens (tertiary/aromatic N) is 4. The molecule has 0 fully saturated rings. The van der Waals surface area contributed by atoms with E-state index in [4.69, 9.17) is 0 Å². The number of hydrogen-bond acceptors (Lipinski definition) is 3. The summed E-state index contributed by atoms with van der Waals surface area (Å²) in [5.41, 5.74) is 3.27. The monoisotopic (exact) mass is 267 g/mol. The van der Waals surface area contributed by atoms with Crippen LogP contribution in [0.25, 0.3) is 5.69 Å². The summed E-state index contributed by atoms with van der Waals surface area (Å²) in [4.78, 5) is 0. The van der Waals surface area contributed by atoms with Crippen LogP contribution in [0.1, 0.15) is 12.6 Å². The molecule has 0 aliphatic rings. The van der Waals surface area contributed by atoms with Gasteiger partial charge in [0, 0.05) is 25.1 Å². The second kappa shape index (κ2) is 5.61. The van der Waals surface area contributed by atoms with Gasteiger partial charge in [-0.15, -0.1) is 0 Å². The average molecular weight is 267 g/mol. The van der Waals surface area contributed by atoms with E-state index >= 15 is 0 Å². The predicted octanol–water partition coefficient (Wildman–Crippen LogP) is 2.70. The minimum Gasteiger partial charge on any atom is -0.378 e. The zero-order valence-corrected chi connectivity index (χ0v) is 11.4. The van der Waals surface area contributed by atoms with Gasteiger partial charge >= 0.3 is 0 Å². The summed E-state index contributed by atoms with van der Waals surface area (Å²) in [6.45, 7) is 3.71. The Morgan fingerprint density at radius 2 is 1.95 bits per heavy atom. The Morgan fingerprint density at radius 1 is 1.05 bits per heavy atom. The molecular formula is C15H17N5. The fraction of sp³-hybridized carbons (Fsp3) is 0.200. The number of para-hydroxylation sites is 2. The van der Waals surface area contributed by atoms with Gasteiger partial charge in [-0.2, -0.15) is 10.2 Å². The Kier molecular flexibility index (Phi) is 3.50. The van der Waals surface area contributed by atoms with E-state index in [0.29, 0.717) is 0 Å². The van der Waals surface area contributed by atoms with Crippen LogP contribution < -0.4 is 5.32 Å². The van der Waals surface area contributed by atoms with Gasteiger partial charge in [-0.3, -0.25) is 4.68 Å². The summed E-state index contributed by atoms with van der Waals surface area (Å²) >= 11 is 0. The van der Waals surface area contributed by atoms with Crippen molar-refractivity contribution in [3.05, 3.63) is 60.7 Å². The summed E-state index contributed by atoms with van der Waals surface area (Å²) in [7, 11) is 0. The smallest absolute Gasteiger partial charge is 0.0876 e. The van der Waals surface area contributed by atoms with Crippen LogP contribution in [0.3, 0.4) is 0 Å². The standard InChI is InChI=1S/C15H17N5/c1-2-19-13(8-10-18-19)12-16-14-6-3-4-7-15(14)20-11-5-9-17-20/h3-11,16H,2,12H2,1H3. The maximum Gasteiger partial charge on any atom is 0.0876 e. The van der Waals surface area contributed by atoms with Gasteiger partial charge < -0.3 is 5.32 Å². The Bertz CT molecular complexity index is 669. The molecule has 20 heavy (non-hydrogen) atoms. The number of aryl methyl sites for hydroxylation is 1. The number of benzene rings is 1. The first-order chi connectivity index (χ1) is 9.88. The molecule has 0 saturated heterocycles. The van der Waals surface area contributed by atoms with Crippen LogP contribution in [0.15, 0.2) is 55.0 Å². The van der Waals surface area contributed by atoms with Crippen molar-refractivity contribution in [2.24, 2.45) is 0 Å². The first kappa shape index (κ1) is 12.5. The normalized spacial score (nSPS) is 10.7. The van der Waals surface area contributed by atoms with E-state index in [0.717, 1.165) is 24.5 Å². The van der Waals surface area contributed by atoms with Crippen molar-refractivity contribution in [3.63, 3.8) is 0 Å². The highest BCUT2D eigenvalue weighted by atomic mass is 15.3. The maximum absolute atomic E-state index is 4.28. The van der Waals surface area contributed by atoms with Gasteiger partial charge in [0.2, 0.25) is 0 Å². The average Bonchev–Trinajstić information content (AvgIpc) is 3.16. The number of nitrogens with one attached hydrogen (secondary N) is 1. The van der Waals surface area contributed by atoms with Crippen molar-refractivity contribution in [1.29, 1.82) is 0 Å². The van der Waals surface area contributed by atoms with Crippen molar-refractivity contribution >= 4 is 5.69 Å². The fourth-order valence-corrected chi connectivity index (χ4v) is 2.21. The number of rotatable bonds is 5. The third kappa shape index (κ3) is 2.42. The van der Waals surface area contributed by atoms with Crippen molar-refractivity contribution in [1.82, 2.24) is 19.6 Å². The Labute approximate surface area is 117 Å². The van der Waals surface area contributed by atoms with Crippen LogP contribution in [0.4, 0.5) is 5.69 Å². The Hall–Kier alpha value is -2.56. The Balaban J connectivity index is 1.81. The summed E-state index contributed by atoms with van der Waals surface area (Å²) in [5, 5.41) is 12.0. The van der Waals surface area contributed by atoms with Gasteiger partial charge in [0.1, 0.15) is 0 Å². The fourth-order valence-electron chi connectivity index (χ4n) is 2.21. The molecule has 0 unspecified atom stereocenters. The molecule has 0 aliphatic carbocycles. The first-order valence-electron chi connectivity index (χ1n) is 6.72. The second-order valence-corrected chi connectivity index (χ2v) is 4.46. The van der Waals surface area contributed by atoms with E-state index < -0.39 is 0 Å². The zero-order chi connectivity index (χ0) is 13.8. The lowest BCUT2D eigenvalue weighted by atomic mass is 10.2. The molecule has 102 valence electrons. The van der Waals surface area contributed by atoms with Gasteiger partial charge in [-0.1, -0.05) is 12.1 Å². The van der Waals surface area contributed by atoms with E-state index in [-0.39, 0.29) is 0 Å². The molecule has 2 heterocycles. The zero-order valence-electron chi connectivity index (χ0n) is 11.4. The lowest BCUT2D eigenvalue weighted by Crippen LogP contribution is -2.09. The molecule has 5 nitrogen and oxygen atoms in total. The molecule has 2 aromatic heterocycles. The van der Waals surface area contributed by atoms with Gasteiger partial charge in [0.05, 0.1) is 23.6 Å². The molecule has 1 N–H and O–H groups in total. The number of anilines is 1. The third-order valence-corrected chi connectivity index (χ3v) is 3.22.